The number of likely N-dealkylation sites (tertiary alicyclic amines) is 1. The van der Waals surface area contributed by atoms with Crippen molar-refractivity contribution in [3.63, 3.8) is 0 Å². The molecule has 1 aliphatic heterocycles. The number of aromatic nitrogens is 3. The molecule has 1 aliphatic carbocycles. The molecule has 3 heterocycles. The first kappa shape index (κ1) is 24.0. The van der Waals surface area contributed by atoms with E-state index in [4.69, 9.17) is 0 Å². The first-order valence-electron chi connectivity index (χ1n) is 11.4. The van der Waals surface area contributed by atoms with E-state index < -0.39 is 0 Å². The largest absolute Gasteiger partial charge is 0.355 e. The number of nitrogens with zero attached hydrogens (tertiary/aromatic N) is 5. The molecule has 1 saturated heterocycles. The second-order valence-electron chi connectivity index (χ2n) is 8.61. The van der Waals surface area contributed by atoms with Crippen molar-refractivity contribution in [3.05, 3.63) is 42.6 Å². The molecule has 31 heavy (non-hydrogen) atoms. The van der Waals surface area contributed by atoms with Gasteiger partial charge in [0.2, 0.25) is 0 Å². The van der Waals surface area contributed by atoms with E-state index in [2.05, 4.69) is 36.6 Å². The topological polar surface area (TPSA) is 70.4 Å². The first-order valence-corrected chi connectivity index (χ1v) is 11.4. The van der Waals surface area contributed by atoms with Crippen molar-refractivity contribution in [2.45, 2.75) is 63.5 Å². The van der Waals surface area contributed by atoms with Crippen LogP contribution in [0.4, 0.5) is 0 Å². The van der Waals surface area contributed by atoms with Crippen LogP contribution in [0.5, 0.6) is 0 Å². The molecule has 0 spiro atoms. The molecule has 2 N–H and O–H groups in total. The minimum atomic E-state index is 0. The molecular formula is C23H36IN7. The van der Waals surface area contributed by atoms with Gasteiger partial charge in [-0.1, -0.05) is 31.7 Å². The molecule has 2 aliphatic rings. The van der Waals surface area contributed by atoms with Crippen molar-refractivity contribution in [3.8, 4) is 5.82 Å². The summed E-state index contributed by atoms with van der Waals surface area (Å²) >= 11 is 0. The summed E-state index contributed by atoms with van der Waals surface area (Å²) in [4.78, 5) is 15.8. The van der Waals surface area contributed by atoms with E-state index >= 15 is 0 Å². The predicted octanol–water partition coefficient (Wildman–Crippen LogP) is 3.74. The Morgan fingerprint density at radius 3 is 2.48 bits per heavy atom. The van der Waals surface area contributed by atoms with Crippen molar-refractivity contribution in [1.82, 2.24) is 30.1 Å². The number of hydrogen-bond donors (Lipinski definition) is 2. The smallest absolute Gasteiger partial charge is 0.191 e. The Morgan fingerprint density at radius 2 is 1.84 bits per heavy atom. The Balaban J connectivity index is 0.00000272. The van der Waals surface area contributed by atoms with Crippen LogP contribution in [0, 0.1) is 0 Å². The van der Waals surface area contributed by atoms with Crippen molar-refractivity contribution < 1.29 is 0 Å². The van der Waals surface area contributed by atoms with Crippen LogP contribution in [0.1, 0.15) is 56.9 Å². The quantitative estimate of drug-likeness (QED) is 0.334. The summed E-state index contributed by atoms with van der Waals surface area (Å²) < 4.78 is 1.90. The van der Waals surface area contributed by atoms with Gasteiger partial charge in [-0.05, 0) is 50.4 Å². The molecule has 0 radical (unpaired) electrons. The number of pyridine rings is 1. The summed E-state index contributed by atoms with van der Waals surface area (Å²) in [5, 5.41) is 7.11. The summed E-state index contributed by atoms with van der Waals surface area (Å²) in [5.41, 5.74) is 1.43. The van der Waals surface area contributed by atoms with Crippen LogP contribution in [0.25, 0.3) is 5.82 Å². The van der Waals surface area contributed by atoms with Gasteiger partial charge in [-0.25, -0.2) is 9.97 Å². The molecule has 1 saturated carbocycles. The predicted molar refractivity (Wildman–Crippen MR) is 136 cm³/mol. The fourth-order valence-electron chi connectivity index (χ4n) is 4.91. The average molecular weight is 537 g/mol. The van der Waals surface area contributed by atoms with Crippen LogP contribution in [0.2, 0.25) is 0 Å². The highest BCUT2D eigenvalue weighted by atomic mass is 127. The maximum absolute atomic E-state index is 4.53. The SMILES string of the molecule is CN=C(NCc1ccc(-n2ccnc2)nc1)NCC1(N2CCCCC2)CCCCC1.I. The number of nitrogens with one attached hydrogen (secondary N) is 2. The molecule has 2 fully saturated rings. The van der Waals surface area contributed by atoms with Gasteiger partial charge in [0.1, 0.15) is 12.1 Å². The van der Waals surface area contributed by atoms with Crippen LogP contribution < -0.4 is 10.6 Å². The molecule has 4 rings (SSSR count). The zero-order valence-corrected chi connectivity index (χ0v) is 20.9. The second kappa shape index (κ2) is 11.8. The molecule has 0 amide bonds. The minimum absolute atomic E-state index is 0. The standard InChI is InChI=1S/C23H35N7.HI/c1-24-22(27-17-20-8-9-21(26-16-20)29-15-12-25-19-29)28-18-23(10-4-2-5-11-23)30-13-6-3-7-14-30;/h8-9,12,15-16,19H,2-7,10-11,13-14,17-18H2,1H3,(H2,24,27,28);1H. The highest BCUT2D eigenvalue weighted by Crippen LogP contribution is 2.35. The van der Waals surface area contributed by atoms with E-state index in [0.29, 0.717) is 12.1 Å². The summed E-state index contributed by atoms with van der Waals surface area (Å²) in [6, 6.07) is 4.11. The lowest BCUT2D eigenvalue weighted by Gasteiger charge is -2.48. The third kappa shape index (κ3) is 6.19. The van der Waals surface area contributed by atoms with Crippen LogP contribution >= 0.6 is 24.0 Å². The van der Waals surface area contributed by atoms with Crippen LogP contribution in [0.3, 0.4) is 0 Å². The number of hydrogen-bond acceptors (Lipinski definition) is 4. The van der Waals surface area contributed by atoms with Gasteiger partial charge in [-0.15, -0.1) is 24.0 Å². The van der Waals surface area contributed by atoms with Gasteiger partial charge in [0, 0.05) is 44.3 Å². The van der Waals surface area contributed by atoms with E-state index in [-0.39, 0.29) is 24.0 Å². The molecule has 8 heteroatoms. The third-order valence-corrected chi connectivity index (χ3v) is 6.66. The average Bonchev–Trinajstić information content (AvgIpc) is 3.36. The molecule has 7 nitrogen and oxygen atoms in total. The van der Waals surface area contributed by atoms with Gasteiger partial charge in [0.15, 0.2) is 5.96 Å². The highest BCUT2D eigenvalue weighted by Gasteiger charge is 2.38. The van der Waals surface area contributed by atoms with E-state index in [0.717, 1.165) is 23.9 Å². The monoisotopic (exact) mass is 537 g/mol. The molecule has 0 unspecified atom stereocenters. The molecular weight excluding hydrogens is 501 g/mol. The van der Waals surface area contributed by atoms with Crippen LogP contribution in [-0.2, 0) is 6.54 Å². The second-order valence-corrected chi connectivity index (χ2v) is 8.61. The maximum Gasteiger partial charge on any atom is 0.191 e. The Bertz CT molecular complexity index is 792. The molecule has 2 aromatic heterocycles. The Kier molecular flexibility index (Phi) is 9.13. The zero-order valence-electron chi connectivity index (χ0n) is 18.6. The first-order chi connectivity index (χ1) is 14.8. The molecule has 0 atom stereocenters. The fourth-order valence-corrected chi connectivity index (χ4v) is 4.91. The van der Waals surface area contributed by atoms with E-state index in [9.17, 15) is 0 Å². The van der Waals surface area contributed by atoms with Crippen molar-refractivity contribution in [1.29, 1.82) is 0 Å². The Hall–Kier alpha value is -1.68. The van der Waals surface area contributed by atoms with Crippen LogP contribution in [0.15, 0.2) is 42.0 Å². The van der Waals surface area contributed by atoms with Crippen LogP contribution in [-0.4, -0.2) is 57.6 Å². The molecule has 0 aromatic carbocycles. The summed E-state index contributed by atoms with van der Waals surface area (Å²) in [5.74, 6) is 1.75. The van der Waals surface area contributed by atoms with Gasteiger partial charge in [-0.3, -0.25) is 14.5 Å². The maximum atomic E-state index is 4.53. The number of aliphatic imine (C=N–C) groups is 1. The molecule has 170 valence electrons. The lowest BCUT2D eigenvalue weighted by Crippen LogP contribution is -2.59. The zero-order chi connectivity index (χ0) is 20.7. The number of piperidine rings is 1. The van der Waals surface area contributed by atoms with E-state index in [1.54, 1.807) is 12.5 Å². The number of halogens is 1. The van der Waals surface area contributed by atoms with E-state index in [1.165, 1.54) is 64.5 Å². The van der Waals surface area contributed by atoms with Gasteiger partial charge in [0.25, 0.3) is 0 Å². The van der Waals surface area contributed by atoms with Gasteiger partial charge in [0.05, 0.1) is 0 Å². The van der Waals surface area contributed by atoms with Gasteiger partial charge in [-0.2, -0.15) is 0 Å². The fraction of sp³-hybridized carbons (Fsp3) is 0.609. The Morgan fingerprint density at radius 1 is 1.06 bits per heavy atom. The lowest BCUT2D eigenvalue weighted by molar-refractivity contribution is 0.0368. The number of rotatable bonds is 6. The summed E-state index contributed by atoms with van der Waals surface area (Å²) in [6.07, 6.45) is 18.1. The summed E-state index contributed by atoms with van der Waals surface area (Å²) in [6.45, 7) is 4.18. The molecule has 2 aromatic rings. The lowest BCUT2D eigenvalue weighted by atomic mass is 9.79. The van der Waals surface area contributed by atoms with Gasteiger partial charge < -0.3 is 10.6 Å². The third-order valence-electron chi connectivity index (χ3n) is 6.66. The minimum Gasteiger partial charge on any atom is -0.355 e. The van der Waals surface area contributed by atoms with Crippen molar-refractivity contribution >= 4 is 29.9 Å². The number of guanidine groups is 1. The normalized spacial score (nSPS) is 19.5. The van der Waals surface area contributed by atoms with Crippen molar-refractivity contribution in [2.24, 2.45) is 4.99 Å². The Labute approximate surface area is 203 Å². The molecule has 0 bridgehead atoms. The van der Waals surface area contributed by atoms with E-state index in [1.807, 2.05) is 30.1 Å². The number of imidazole rings is 1. The van der Waals surface area contributed by atoms with Gasteiger partial charge >= 0.3 is 0 Å². The highest BCUT2D eigenvalue weighted by molar-refractivity contribution is 14.0. The summed E-state index contributed by atoms with van der Waals surface area (Å²) in [7, 11) is 1.85. The van der Waals surface area contributed by atoms with Crippen molar-refractivity contribution in [2.75, 3.05) is 26.7 Å².